The van der Waals surface area contributed by atoms with E-state index in [1.165, 1.54) is 24.0 Å². The number of para-hydroxylation sites is 1. The first-order valence-corrected chi connectivity index (χ1v) is 9.70. The minimum absolute atomic E-state index is 0.000724. The molecular weight excluding hydrogens is 354 g/mol. The van der Waals surface area contributed by atoms with Gasteiger partial charge >= 0.3 is 0 Å². The highest BCUT2D eigenvalue weighted by Gasteiger charge is 2.36. The van der Waals surface area contributed by atoms with Crippen LogP contribution in [-0.4, -0.2) is 32.9 Å². The van der Waals surface area contributed by atoms with Crippen LogP contribution in [0.2, 0.25) is 0 Å². The minimum atomic E-state index is -0.218. The first-order chi connectivity index (χ1) is 12.2. The maximum atomic E-state index is 13.0. The molecule has 2 atom stereocenters. The molecule has 0 unspecified atom stereocenters. The molecule has 0 saturated carbocycles. The third-order valence-electron chi connectivity index (χ3n) is 3.99. The predicted octanol–water partition coefficient (Wildman–Crippen LogP) is 2.86. The van der Waals surface area contributed by atoms with Gasteiger partial charge in [0, 0.05) is 17.2 Å². The molecule has 1 aliphatic carbocycles. The van der Waals surface area contributed by atoms with E-state index in [1.54, 1.807) is 11.8 Å². The van der Waals surface area contributed by atoms with Gasteiger partial charge in [0.25, 0.3) is 5.56 Å². The number of nitrogens with zero attached hydrogens (tertiary/aromatic N) is 2. The molecular formula is C18H15N3O2S2. The van der Waals surface area contributed by atoms with E-state index in [2.05, 4.69) is 22.1 Å². The Labute approximate surface area is 153 Å². The zero-order valence-electron chi connectivity index (χ0n) is 13.2. The number of carbonyl (C=O) groups is 1. The summed E-state index contributed by atoms with van der Waals surface area (Å²) in [6.45, 7) is 0. The van der Waals surface area contributed by atoms with Crippen LogP contribution in [0.1, 0.15) is 0 Å². The van der Waals surface area contributed by atoms with Crippen LogP contribution in [0.3, 0.4) is 0 Å². The second kappa shape index (κ2) is 6.93. The third-order valence-corrected chi connectivity index (χ3v) is 6.17. The standard InChI is InChI=1S/C18H15N3O2S2/c22-16-9-10-19-18(20-16)24-11-17(23)21-12-5-1-3-7-14(12)25-15-8-4-2-6-13(15)21/h1-10,12,14H,11H2,(H,19,20,22)/t12-,14+/m1/s1. The van der Waals surface area contributed by atoms with Gasteiger partial charge in [-0.05, 0) is 12.1 Å². The van der Waals surface area contributed by atoms with Crippen molar-refractivity contribution < 1.29 is 4.79 Å². The first-order valence-electron chi connectivity index (χ1n) is 7.83. The van der Waals surface area contributed by atoms with Crippen molar-refractivity contribution in [2.45, 2.75) is 21.3 Å². The summed E-state index contributed by atoms with van der Waals surface area (Å²) in [6, 6.07) is 9.33. The number of nitrogens with one attached hydrogen (secondary N) is 1. The second-order valence-electron chi connectivity index (χ2n) is 5.60. The second-order valence-corrected chi connectivity index (χ2v) is 7.79. The molecule has 1 aromatic heterocycles. The summed E-state index contributed by atoms with van der Waals surface area (Å²) < 4.78 is 0. The highest BCUT2D eigenvalue weighted by Crippen LogP contribution is 2.43. The number of rotatable bonds is 3. The molecule has 0 bridgehead atoms. The quantitative estimate of drug-likeness (QED) is 0.666. The smallest absolute Gasteiger partial charge is 0.251 e. The van der Waals surface area contributed by atoms with E-state index < -0.39 is 0 Å². The lowest BCUT2D eigenvalue weighted by atomic mass is 10.0. The van der Waals surface area contributed by atoms with Gasteiger partial charge in [0.2, 0.25) is 5.91 Å². The zero-order chi connectivity index (χ0) is 17.2. The fraction of sp³-hybridized carbons (Fsp3) is 0.167. The number of aromatic amines is 1. The molecule has 1 amide bonds. The van der Waals surface area contributed by atoms with E-state index in [1.807, 2.05) is 41.3 Å². The molecule has 5 nitrogen and oxygen atoms in total. The monoisotopic (exact) mass is 369 g/mol. The Morgan fingerprint density at radius 3 is 2.96 bits per heavy atom. The van der Waals surface area contributed by atoms with Crippen LogP contribution in [0.4, 0.5) is 5.69 Å². The van der Waals surface area contributed by atoms with Crippen molar-refractivity contribution in [3.63, 3.8) is 0 Å². The normalized spacial score (nSPS) is 20.9. The SMILES string of the molecule is O=C(CSc1nccc(=O)[nH]1)N1c2ccccc2S[C@H]2C=CC=C[C@H]21. The molecule has 2 aromatic rings. The zero-order valence-corrected chi connectivity index (χ0v) is 14.8. The molecule has 0 radical (unpaired) electrons. The van der Waals surface area contributed by atoms with Crippen LogP contribution >= 0.6 is 23.5 Å². The van der Waals surface area contributed by atoms with Gasteiger partial charge in [-0.1, -0.05) is 48.2 Å². The number of thioether (sulfide) groups is 2. The van der Waals surface area contributed by atoms with Crippen LogP contribution in [0.5, 0.6) is 0 Å². The Kier molecular flexibility index (Phi) is 4.50. The number of anilines is 1. The predicted molar refractivity (Wildman–Crippen MR) is 101 cm³/mol. The molecule has 0 fully saturated rings. The number of aromatic nitrogens is 2. The van der Waals surface area contributed by atoms with E-state index >= 15 is 0 Å². The van der Waals surface area contributed by atoms with Gasteiger partial charge < -0.3 is 9.88 Å². The van der Waals surface area contributed by atoms with Crippen molar-refractivity contribution in [2.24, 2.45) is 0 Å². The van der Waals surface area contributed by atoms with Gasteiger partial charge in [-0.2, -0.15) is 0 Å². The summed E-state index contributed by atoms with van der Waals surface area (Å²) in [7, 11) is 0. The summed E-state index contributed by atoms with van der Waals surface area (Å²) in [6.07, 6.45) is 9.66. The molecule has 2 aliphatic rings. The Bertz CT molecular complexity index is 922. The highest BCUT2D eigenvalue weighted by molar-refractivity contribution is 8.00. The lowest BCUT2D eigenvalue weighted by molar-refractivity contribution is -0.116. The van der Waals surface area contributed by atoms with Crippen molar-refractivity contribution in [3.05, 3.63) is 71.2 Å². The third kappa shape index (κ3) is 3.29. The van der Waals surface area contributed by atoms with Gasteiger partial charge in [0.05, 0.1) is 22.7 Å². The largest absolute Gasteiger partial charge is 0.302 e. The molecule has 1 aliphatic heterocycles. The number of benzene rings is 1. The van der Waals surface area contributed by atoms with Crippen molar-refractivity contribution in [2.75, 3.05) is 10.7 Å². The number of hydrogen-bond donors (Lipinski definition) is 1. The first kappa shape index (κ1) is 16.2. The maximum absolute atomic E-state index is 13.0. The summed E-state index contributed by atoms with van der Waals surface area (Å²) in [5.41, 5.74) is 0.721. The van der Waals surface area contributed by atoms with E-state index in [0.717, 1.165) is 10.6 Å². The molecule has 126 valence electrons. The Hall–Kier alpha value is -2.25. The Morgan fingerprint density at radius 1 is 1.24 bits per heavy atom. The van der Waals surface area contributed by atoms with Crippen LogP contribution in [0.25, 0.3) is 0 Å². The van der Waals surface area contributed by atoms with Crippen LogP contribution < -0.4 is 10.5 Å². The summed E-state index contributed by atoms with van der Waals surface area (Å²) in [5.74, 6) is 0.214. The van der Waals surface area contributed by atoms with Crippen LogP contribution in [0.15, 0.2) is 75.7 Å². The van der Waals surface area contributed by atoms with E-state index in [-0.39, 0.29) is 28.5 Å². The molecule has 1 aromatic carbocycles. The van der Waals surface area contributed by atoms with Gasteiger partial charge in [-0.3, -0.25) is 9.59 Å². The average Bonchev–Trinajstić information content (AvgIpc) is 2.64. The molecule has 0 spiro atoms. The molecule has 4 rings (SSSR count). The number of fused-ring (bicyclic) bond motifs is 2. The summed E-state index contributed by atoms with van der Waals surface area (Å²) in [5, 5.41) is 0.666. The average molecular weight is 369 g/mol. The topological polar surface area (TPSA) is 66.1 Å². The van der Waals surface area contributed by atoms with Gasteiger partial charge in [-0.25, -0.2) is 4.98 Å². The van der Waals surface area contributed by atoms with E-state index in [0.29, 0.717) is 5.16 Å². The van der Waals surface area contributed by atoms with Gasteiger partial charge in [-0.15, -0.1) is 11.8 Å². The van der Waals surface area contributed by atoms with E-state index in [9.17, 15) is 9.59 Å². The molecule has 2 heterocycles. The number of H-pyrrole nitrogens is 1. The molecule has 25 heavy (non-hydrogen) atoms. The van der Waals surface area contributed by atoms with Crippen molar-refractivity contribution in [1.82, 2.24) is 9.97 Å². The number of amides is 1. The van der Waals surface area contributed by atoms with Gasteiger partial charge in [0.1, 0.15) is 0 Å². The lowest BCUT2D eigenvalue weighted by Crippen LogP contribution is -2.48. The molecule has 1 N–H and O–H groups in total. The Balaban J connectivity index is 1.60. The lowest BCUT2D eigenvalue weighted by Gasteiger charge is -2.40. The fourth-order valence-electron chi connectivity index (χ4n) is 2.91. The van der Waals surface area contributed by atoms with Crippen LogP contribution in [0, 0.1) is 0 Å². The van der Waals surface area contributed by atoms with Crippen molar-refractivity contribution in [1.29, 1.82) is 0 Å². The van der Waals surface area contributed by atoms with Gasteiger partial charge in [0.15, 0.2) is 5.16 Å². The fourth-order valence-corrected chi connectivity index (χ4v) is 4.87. The number of carbonyl (C=O) groups excluding carboxylic acids is 1. The Morgan fingerprint density at radius 2 is 2.08 bits per heavy atom. The van der Waals surface area contributed by atoms with E-state index in [4.69, 9.17) is 0 Å². The number of allylic oxidation sites excluding steroid dienone is 2. The van der Waals surface area contributed by atoms with Crippen molar-refractivity contribution >= 4 is 35.1 Å². The summed E-state index contributed by atoms with van der Waals surface area (Å²) >= 11 is 3.02. The molecule has 0 saturated heterocycles. The molecule has 7 heteroatoms. The highest BCUT2D eigenvalue weighted by atomic mass is 32.2. The maximum Gasteiger partial charge on any atom is 0.251 e. The minimum Gasteiger partial charge on any atom is -0.302 e. The summed E-state index contributed by atoms with van der Waals surface area (Å²) in [4.78, 5) is 34.1. The van der Waals surface area contributed by atoms with Crippen LogP contribution in [-0.2, 0) is 4.79 Å². The van der Waals surface area contributed by atoms with Crippen molar-refractivity contribution in [3.8, 4) is 0 Å². The number of hydrogen-bond acceptors (Lipinski definition) is 5.